The SMILES string of the molecule is O=C(NCCN1Cc2cc(F)ccc2OCC1=O)c1cccc(OC(F)(F)F)c1. The van der Waals surface area contributed by atoms with E-state index in [4.69, 9.17) is 4.74 Å². The lowest BCUT2D eigenvalue weighted by Gasteiger charge is -2.20. The van der Waals surface area contributed by atoms with Gasteiger partial charge in [-0.15, -0.1) is 13.2 Å². The number of nitrogens with one attached hydrogen (secondary N) is 1. The summed E-state index contributed by atoms with van der Waals surface area (Å²) < 4.78 is 59.4. The number of rotatable bonds is 5. The zero-order chi connectivity index (χ0) is 21.0. The van der Waals surface area contributed by atoms with Gasteiger partial charge in [0.1, 0.15) is 17.3 Å². The van der Waals surface area contributed by atoms with Crippen LogP contribution in [0.1, 0.15) is 15.9 Å². The molecule has 1 aliphatic rings. The quantitative estimate of drug-likeness (QED) is 0.767. The Labute approximate surface area is 163 Å². The van der Waals surface area contributed by atoms with Crippen molar-refractivity contribution in [3.05, 3.63) is 59.4 Å². The maximum absolute atomic E-state index is 13.4. The fourth-order valence-electron chi connectivity index (χ4n) is 2.78. The minimum atomic E-state index is -4.86. The first kappa shape index (κ1) is 20.4. The van der Waals surface area contributed by atoms with Gasteiger partial charge < -0.3 is 19.7 Å². The predicted octanol–water partition coefficient (Wildman–Crippen LogP) is 2.88. The van der Waals surface area contributed by atoms with Crippen LogP contribution in [0.5, 0.6) is 11.5 Å². The molecule has 0 fully saturated rings. The van der Waals surface area contributed by atoms with Gasteiger partial charge in [0.2, 0.25) is 0 Å². The zero-order valence-corrected chi connectivity index (χ0v) is 15.0. The largest absolute Gasteiger partial charge is 0.573 e. The minimum absolute atomic E-state index is 0.0234. The highest BCUT2D eigenvalue weighted by Crippen LogP contribution is 2.25. The van der Waals surface area contributed by atoms with Gasteiger partial charge in [0.15, 0.2) is 6.61 Å². The Bertz CT molecular complexity index is 917. The van der Waals surface area contributed by atoms with E-state index in [0.29, 0.717) is 11.3 Å². The van der Waals surface area contributed by atoms with Gasteiger partial charge in [-0.3, -0.25) is 9.59 Å². The Morgan fingerprint density at radius 1 is 1.21 bits per heavy atom. The Morgan fingerprint density at radius 2 is 2.00 bits per heavy atom. The van der Waals surface area contributed by atoms with E-state index in [1.54, 1.807) is 0 Å². The number of alkyl halides is 3. The van der Waals surface area contributed by atoms with Crippen LogP contribution in [-0.2, 0) is 11.3 Å². The van der Waals surface area contributed by atoms with Crippen molar-refractivity contribution in [2.45, 2.75) is 12.9 Å². The van der Waals surface area contributed by atoms with Gasteiger partial charge in [-0.1, -0.05) is 6.07 Å². The molecule has 0 aliphatic carbocycles. The molecular formula is C19H16F4N2O4. The van der Waals surface area contributed by atoms with Gasteiger partial charge in [-0.2, -0.15) is 0 Å². The molecule has 0 bridgehead atoms. The number of halogens is 4. The summed E-state index contributed by atoms with van der Waals surface area (Å²) in [6.07, 6.45) is -4.86. The van der Waals surface area contributed by atoms with Crippen molar-refractivity contribution in [3.63, 3.8) is 0 Å². The van der Waals surface area contributed by atoms with Crippen molar-refractivity contribution in [2.75, 3.05) is 19.7 Å². The fourth-order valence-corrected chi connectivity index (χ4v) is 2.78. The normalized spacial score (nSPS) is 13.9. The molecule has 0 aromatic heterocycles. The van der Waals surface area contributed by atoms with Crippen LogP contribution in [0.15, 0.2) is 42.5 Å². The highest BCUT2D eigenvalue weighted by molar-refractivity contribution is 5.94. The van der Waals surface area contributed by atoms with E-state index < -0.39 is 23.8 Å². The van der Waals surface area contributed by atoms with Gasteiger partial charge in [-0.05, 0) is 36.4 Å². The second-order valence-electron chi connectivity index (χ2n) is 6.19. The summed E-state index contributed by atoms with van der Waals surface area (Å²) in [5.74, 6) is -1.52. The molecule has 0 unspecified atom stereocenters. The van der Waals surface area contributed by atoms with Crippen LogP contribution in [0.2, 0.25) is 0 Å². The average molecular weight is 412 g/mol. The van der Waals surface area contributed by atoms with Crippen LogP contribution in [0.25, 0.3) is 0 Å². The summed E-state index contributed by atoms with van der Waals surface area (Å²) in [6, 6.07) is 8.59. The lowest BCUT2D eigenvalue weighted by molar-refractivity contribution is -0.274. The molecule has 3 rings (SSSR count). The van der Waals surface area contributed by atoms with Crippen molar-refractivity contribution < 1.29 is 36.6 Å². The third kappa shape index (κ3) is 5.59. The molecule has 0 saturated heterocycles. The smallest absolute Gasteiger partial charge is 0.483 e. The van der Waals surface area contributed by atoms with Crippen molar-refractivity contribution in [2.24, 2.45) is 0 Å². The van der Waals surface area contributed by atoms with E-state index in [1.807, 2.05) is 0 Å². The molecule has 2 aromatic rings. The van der Waals surface area contributed by atoms with Crippen LogP contribution < -0.4 is 14.8 Å². The minimum Gasteiger partial charge on any atom is -0.483 e. The molecule has 1 N–H and O–H groups in total. The third-order valence-corrected chi connectivity index (χ3v) is 4.08. The van der Waals surface area contributed by atoms with E-state index in [9.17, 15) is 27.2 Å². The van der Waals surface area contributed by atoms with Crippen molar-refractivity contribution >= 4 is 11.8 Å². The first-order valence-electron chi connectivity index (χ1n) is 8.54. The van der Waals surface area contributed by atoms with E-state index in [-0.39, 0.29) is 37.7 Å². The standard InChI is InChI=1S/C19H16F4N2O4/c20-14-4-5-16-13(8-14)10-25(17(26)11-28-16)7-6-24-18(27)12-2-1-3-15(9-12)29-19(21,22)23/h1-5,8-9H,6-7,10-11H2,(H,24,27). The molecule has 154 valence electrons. The molecule has 0 radical (unpaired) electrons. The van der Waals surface area contributed by atoms with Gasteiger partial charge in [0.25, 0.3) is 11.8 Å². The topological polar surface area (TPSA) is 67.9 Å². The Balaban J connectivity index is 1.58. The molecule has 10 heteroatoms. The molecule has 1 heterocycles. The number of ether oxygens (including phenoxy) is 2. The third-order valence-electron chi connectivity index (χ3n) is 4.08. The van der Waals surface area contributed by atoms with Gasteiger partial charge in [0, 0.05) is 30.8 Å². The summed E-state index contributed by atoms with van der Waals surface area (Å²) in [6.45, 7) is 0.0440. The first-order valence-corrected chi connectivity index (χ1v) is 8.54. The lowest BCUT2D eigenvalue weighted by atomic mass is 10.2. The fraction of sp³-hybridized carbons (Fsp3) is 0.263. The molecular weight excluding hydrogens is 396 g/mol. The van der Waals surface area contributed by atoms with Crippen molar-refractivity contribution in [1.82, 2.24) is 10.2 Å². The first-order chi connectivity index (χ1) is 13.7. The summed E-state index contributed by atoms with van der Waals surface area (Å²) in [5.41, 5.74) is 0.476. The van der Waals surface area contributed by atoms with Crippen LogP contribution in [0, 0.1) is 5.82 Å². The Morgan fingerprint density at radius 3 is 2.76 bits per heavy atom. The number of carbonyl (C=O) groups is 2. The second kappa shape index (κ2) is 8.38. The molecule has 6 nitrogen and oxygen atoms in total. The summed E-state index contributed by atoms with van der Waals surface area (Å²) >= 11 is 0. The predicted molar refractivity (Wildman–Crippen MR) is 92.8 cm³/mol. The molecule has 2 amide bonds. The zero-order valence-electron chi connectivity index (χ0n) is 15.0. The monoisotopic (exact) mass is 412 g/mol. The number of hydrogen-bond acceptors (Lipinski definition) is 4. The Hall–Kier alpha value is -3.30. The number of hydrogen-bond donors (Lipinski definition) is 1. The average Bonchev–Trinajstić information content (AvgIpc) is 2.79. The maximum atomic E-state index is 13.4. The molecule has 0 spiro atoms. The molecule has 2 aromatic carbocycles. The van der Waals surface area contributed by atoms with Crippen molar-refractivity contribution in [1.29, 1.82) is 0 Å². The van der Waals surface area contributed by atoms with E-state index in [0.717, 1.165) is 12.1 Å². The highest BCUT2D eigenvalue weighted by atomic mass is 19.4. The van der Waals surface area contributed by atoms with E-state index in [1.165, 1.54) is 35.2 Å². The van der Waals surface area contributed by atoms with Gasteiger partial charge in [-0.25, -0.2) is 4.39 Å². The van der Waals surface area contributed by atoms with Crippen LogP contribution >= 0.6 is 0 Å². The molecule has 1 aliphatic heterocycles. The molecule has 0 saturated carbocycles. The Kier molecular flexibility index (Phi) is 5.90. The number of amides is 2. The van der Waals surface area contributed by atoms with Crippen LogP contribution in [-0.4, -0.2) is 42.8 Å². The van der Waals surface area contributed by atoms with Gasteiger partial charge in [0.05, 0.1) is 0 Å². The van der Waals surface area contributed by atoms with E-state index >= 15 is 0 Å². The molecule has 29 heavy (non-hydrogen) atoms. The highest BCUT2D eigenvalue weighted by Gasteiger charge is 2.31. The van der Waals surface area contributed by atoms with E-state index in [2.05, 4.69) is 10.1 Å². The van der Waals surface area contributed by atoms with Crippen LogP contribution in [0.3, 0.4) is 0 Å². The summed E-state index contributed by atoms with van der Waals surface area (Å²) in [5, 5.41) is 2.53. The van der Waals surface area contributed by atoms with Crippen LogP contribution in [0.4, 0.5) is 17.6 Å². The number of benzene rings is 2. The summed E-state index contributed by atoms with van der Waals surface area (Å²) in [4.78, 5) is 25.7. The number of nitrogens with zero attached hydrogens (tertiary/aromatic N) is 1. The number of fused-ring (bicyclic) bond motifs is 1. The van der Waals surface area contributed by atoms with Crippen molar-refractivity contribution in [3.8, 4) is 11.5 Å². The number of carbonyl (C=O) groups excluding carboxylic acids is 2. The maximum Gasteiger partial charge on any atom is 0.573 e. The molecule has 0 atom stereocenters. The second-order valence-corrected chi connectivity index (χ2v) is 6.19. The lowest BCUT2D eigenvalue weighted by Crippen LogP contribution is -2.39. The summed E-state index contributed by atoms with van der Waals surface area (Å²) in [7, 11) is 0. The van der Waals surface area contributed by atoms with Gasteiger partial charge >= 0.3 is 6.36 Å².